The van der Waals surface area contributed by atoms with Crippen LogP contribution in [0.2, 0.25) is 0 Å². The average Bonchev–Trinajstić information content (AvgIpc) is 2.91. The summed E-state index contributed by atoms with van der Waals surface area (Å²) in [5.41, 5.74) is 0.527. The zero-order chi connectivity index (χ0) is 17.0. The van der Waals surface area contributed by atoms with Crippen LogP contribution in [0.3, 0.4) is 0 Å². The van der Waals surface area contributed by atoms with Gasteiger partial charge in [0, 0.05) is 23.7 Å². The number of hydrogen-bond acceptors (Lipinski definition) is 6. The maximum atomic E-state index is 11.5. The van der Waals surface area contributed by atoms with Gasteiger partial charge in [0.1, 0.15) is 11.7 Å². The highest BCUT2D eigenvalue weighted by atomic mass is 16.6. The predicted molar refractivity (Wildman–Crippen MR) is 83.7 cm³/mol. The van der Waals surface area contributed by atoms with Crippen molar-refractivity contribution >= 4 is 17.1 Å². The Bertz CT molecular complexity index is 665. The van der Waals surface area contributed by atoms with Crippen LogP contribution < -0.4 is 5.32 Å². The molecule has 0 spiro atoms. The number of pyridine rings is 1. The molecule has 0 radical (unpaired) electrons. The fraction of sp³-hybridized carbons (Fsp3) is 0.533. The van der Waals surface area contributed by atoms with Crippen LogP contribution in [0, 0.1) is 0 Å². The number of alkyl carbamates (subject to hydrolysis) is 1. The van der Waals surface area contributed by atoms with E-state index < -0.39 is 23.9 Å². The van der Waals surface area contributed by atoms with Crippen molar-refractivity contribution in [1.29, 1.82) is 0 Å². The lowest BCUT2D eigenvalue weighted by molar-refractivity contribution is 0.0122. The molecule has 2 heterocycles. The highest BCUT2D eigenvalue weighted by Crippen LogP contribution is 2.21. The summed E-state index contributed by atoms with van der Waals surface area (Å²) in [4.78, 5) is 15.6. The second-order valence-corrected chi connectivity index (χ2v) is 6.31. The number of amides is 1. The molecule has 8 heteroatoms. The van der Waals surface area contributed by atoms with Gasteiger partial charge < -0.3 is 20.3 Å². The van der Waals surface area contributed by atoms with E-state index in [4.69, 9.17) is 4.74 Å². The minimum atomic E-state index is -1.10. The SMILES string of the molecule is CC(C)(C)OC(=O)NCCC(O)C(O)c1cnc2[nH]ncc2c1. The van der Waals surface area contributed by atoms with Crippen molar-refractivity contribution < 1.29 is 19.7 Å². The van der Waals surface area contributed by atoms with Crippen LogP contribution in [0.15, 0.2) is 18.5 Å². The van der Waals surface area contributed by atoms with Gasteiger partial charge in [-0.2, -0.15) is 5.10 Å². The fourth-order valence-corrected chi connectivity index (χ4v) is 2.03. The van der Waals surface area contributed by atoms with Gasteiger partial charge in [0.15, 0.2) is 5.65 Å². The highest BCUT2D eigenvalue weighted by molar-refractivity contribution is 5.74. The number of nitrogens with one attached hydrogen (secondary N) is 2. The number of aromatic nitrogens is 3. The molecule has 2 aromatic heterocycles. The Hall–Kier alpha value is -2.19. The predicted octanol–water partition coefficient (Wildman–Crippen LogP) is 1.27. The number of H-pyrrole nitrogens is 1. The van der Waals surface area contributed by atoms with Gasteiger partial charge in [0.05, 0.1) is 12.3 Å². The number of aliphatic hydroxyl groups is 2. The van der Waals surface area contributed by atoms with E-state index in [1.54, 1.807) is 33.0 Å². The van der Waals surface area contributed by atoms with Gasteiger partial charge in [-0.25, -0.2) is 9.78 Å². The molecule has 126 valence electrons. The molecule has 4 N–H and O–H groups in total. The van der Waals surface area contributed by atoms with Crippen LogP contribution in [0.4, 0.5) is 4.79 Å². The molecule has 8 nitrogen and oxygen atoms in total. The first-order valence-corrected chi connectivity index (χ1v) is 7.38. The summed E-state index contributed by atoms with van der Waals surface area (Å²) in [5.74, 6) is 0. The minimum Gasteiger partial charge on any atom is -0.444 e. The number of carbonyl (C=O) groups is 1. The van der Waals surface area contributed by atoms with Crippen LogP contribution in [-0.2, 0) is 4.74 Å². The summed E-state index contributed by atoms with van der Waals surface area (Å²) < 4.78 is 5.09. The largest absolute Gasteiger partial charge is 0.444 e. The fourth-order valence-electron chi connectivity index (χ4n) is 2.03. The molecule has 0 aromatic carbocycles. The van der Waals surface area contributed by atoms with E-state index in [9.17, 15) is 15.0 Å². The topological polar surface area (TPSA) is 120 Å². The van der Waals surface area contributed by atoms with E-state index in [1.165, 1.54) is 6.20 Å². The Labute approximate surface area is 133 Å². The number of aliphatic hydroxyl groups excluding tert-OH is 2. The summed E-state index contributed by atoms with van der Waals surface area (Å²) in [6.45, 7) is 5.49. The molecule has 2 atom stereocenters. The summed E-state index contributed by atoms with van der Waals surface area (Å²) >= 11 is 0. The van der Waals surface area contributed by atoms with E-state index in [1.807, 2.05) is 0 Å². The molecule has 0 fully saturated rings. The third kappa shape index (κ3) is 4.90. The number of nitrogens with zero attached hydrogens (tertiary/aromatic N) is 2. The van der Waals surface area contributed by atoms with E-state index in [0.717, 1.165) is 5.39 Å². The molecule has 23 heavy (non-hydrogen) atoms. The minimum absolute atomic E-state index is 0.184. The lowest BCUT2D eigenvalue weighted by Gasteiger charge is -2.21. The normalized spacial score (nSPS) is 14.5. The van der Waals surface area contributed by atoms with E-state index in [2.05, 4.69) is 20.5 Å². The Kier molecular flexibility index (Phi) is 5.17. The lowest BCUT2D eigenvalue weighted by Crippen LogP contribution is -2.34. The van der Waals surface area contributed by atoms with Crippen molar-refractivity contribution in [3.05, 3.63) is 24.0 Å². The van der Waals surface area contributed by atoms with Crippen molar-refractivity contribution in [2.24, 2.45) is 0 Å². The van der Waals surface area contributed by atoms with Gasteiger partial charge in [-0.15, -0.1) is 0 Å². The van der Waals surface area contributed by atoms with E-state index in [0.29, 0.717) is 11.2 Å². The molecule has 0 bridgehead atoms. The Morgan fingerprint density at radius 1 is 1.39 bits per heavy atom. The number of rotatable bonds is 5. The van der Waals surface area contributed by atoms with Crippen molar-refractivity contribution in [3.63, 3.8) is 0 Å². The van der Waals surface area contributed by atoms with Crippen LogP contribution in [0.1, 0.15) is 38.9 Å². The third-order valence-electron chi connectivity index (χ3n) is 3.13. The second-order valence-electron chi connectivity index (χ2n) is 6.31. The summed E-state index contributed by atoms with van der Waals surface area (Å²) in [5, 5.41) is 30.1. The second kappa shape index (κ2) is 6.93. The monoisotopic (exact) mass is 322 g/mol. The average molecular weight is 322 g/mol. The maximum Gasteiger partial charge on any atom is 0.407 e. The van der Waals surface area contributed by atoms with Gasteiger partial charge in [-0.3, -0.25) is 5.10 Å². The number of ether oxygens (including phenoxy) is 1. The van der Waals surface area contributed by atoms with Crippen LogP contribution >= 0.6 is 0 Å². The van der Waals surface area contributed by atoms with Crippen molar-refractivity contribution in [3.8, 4) is 0 Å². The molecule has 0 aliphatic carbocycles. The van der Waals surface area contributed by atoms with Crippen LogP contribution in [0.25, 0.3) is 11.0 Å². The smallest absolute Gasteiger partial charge is 0.407 e. The van der Waals surface area contributed by atoms with E-state index in [-0.39, 0.29) is 13.0 Å². The van der Waals surface area contributed by atoms with Gasteiger partial charge in [0.25, 0.3) is 0 Å². The zero-order valence-electron chi connectivity index (χ0n) is 13.4. The lowest BCUT2D eigenvalue weighted by atomic mass is 10.0. The zero-order valence-corrected chi connectivity index (χ0v) is 13.4. The Balaban J connectivity index is 1.85. The van der Waals surface area contributed by atoms with Gasteiger partial charge >= 0.3 is 6.09 Å². The van der Waals surface area contributed by atoms with Crippen LogP contribution in [-0.4, -0.2) is 49.7 Å². The quantitative estimate of drug-likeness (QED) is 0.658. The number of aromatic amines is 1. The summed E-state index contributed by atoms with van der Waals surface area (Å²) in [7, 11) is 0. The first-order chi connectivity index (χ1) is 10.8. The molecule has 2 rings (SSSR count). The number of carbonyl (C=O) groups excluding carboxylic acids is 1. The van der Waals surface area contributed by atoms with E-state index >= 15 is 0 Å². The first-order valence-electron chi connectivity index (χ1n) is 7.38. The van der Waals surface area contributed by atoms with Gasteiger partial charge in [-0.1, -0.05) is 0 Å². The Morgan fingerprint density at radius 2 is 2.13 bits per heavy atom. The molecular formula is C15H22N4O4. The van der Waals surface area contributed by atoms with Crippen LogP contribution in [0.5, 0.6) is 0 Å². The van der Waals surface area contributed by atoms with Gasteiger partial charge in [-0.05, 0) is 33.3 Å². The van der Waals surface area contributed by atoms with Crippen molar-refractivity contribution in [2.45, 2.75) is 45.0 Å². The highest BCUT2D eigenvalue weighted by Gasteiger charge is 2.20. The Morgan fingerprint density at radius 3 is 2.83 bits per heavy atom. The molecule has 0 saturated heterocycles. The molecule has 0 saturated carbocycles. The molecule has 0 aliphatic rings. The van der Waals surface area contributed by atoms with Gasteiger partial charge in [0.2, 0.25) is 0 Å². The summed E-state index contributed by atoms with van der Waals surface area (Å²) in [6, 6.07) is 1.71. The molecule has 2 unspecified atom stereocenters. The first kappa shape index (κ1) is 17.2. The molecular weight excluding hydrogens is 300 g/mol. The maximum absolute atomic E-state index is 11.5. The standard InChI is InChI=1S/C15H22N4O4/c1-15(2,3)23-14(22)16-5-4-11(20)12(21)9-6-10-8-18-19-13(10)17-7-9/h6-8,11-12,20-21H,4-5H2,1-3H3,(H,16,22)(H,17,18,19). The molecule has 0 aliphatic heterocycles. The molecule has 2 aromatic rings. The third-order valence-corrected chi connectivity index (χ3v) is 3.13. The molecule has 1 amide bonds. The van der Waals surface area contributed by atoms with Crippen molar-refractivity contribution in [1.82, 2.24) is 20.5 Å². The summed E-state index contributed by atoms with van der Waals surface area (Å²) in [6.07, 6.45) is 0.577. The number of fused-ring (bicyclic) bond motifs is 1. The van der Waals surface area contributed by atoms with Crippen molar-refractivity contribution in [2.75, 3.05) is 6.54 Å². The number of hydrogen-bond donors (Lipinski definition) is 4.